The van der Waals surface area contributed by atoms with Gasteiger partial charge in [-0.1, -0.05) is 12.1 Å². The van der Waals surface area contributed by atoms with Crippen molar-refractivity contribution in [3.8, 4) is 0 Å². The minimum Gasteiger partial charge on any atom is -0.439 e. The molecular weight excluding hydrogens is 496 g/mol. The zero-order valence-electron chi connectivity index (χ0n) is 18.9. The van der Waals surface area contributed by atoms with Gasteiger partial charge in [0.15, 0.2) is 11.3 Å². The average Bonchev–Trinajstić information content (AvgIpc) is 3.38. The number of amides is 2. The van der Waals surface area contributed by atoms with Crippen LogP contribution in [0, 0.1) is 12.7 Å². The number of nitrogens with one attached hydrogen (secondary N) is 1. The number of rotatable bonds is 5. The van der Waals surface area contributed by atoms with Crippen molar-refractivity contribution in [1.82, 2.24) is 19.7 Å². The molecule has 188 valence electrons. The van der Waals surface area contributed by atoms with Crippen LogP contribution in [0.15, 0.2) is 52.9 Å². The lowest BCUT2D eigenvalue weighted by atomic mass is 10.1. The summed E-state index contributed by atoms with van der Waals surface area (Å²) in [5.74, 6) is -2.58. The molecule has 0 spiro atoms. The number of benzene rings is 2. The molecular formula is C24H16F4N6O3. The molecule has 0 aliphatic heterocycles. The van der Waals surface area contributed by atoms with Crippen molar-refractivity contribution >= 4 is 39.5 Å². The Morgan fingerprint density at radius 1 is 1.08 bits per heavy atom. The maximum Gasteiger partial charge on any atom is 0.437 e. The monoisotopic (exact) mass is 512 g/mol. The van der Waals surface area contributed by atoms with Crippen molar-refractivity contribution in [1.29, 1.82) is 0 Å². The zero-order valence-corrected chi connectivity index (χ0v) is 18.9. The van der Waals surface area contributed by atoms with Gasteiger partial charge in [0.25, 0.3) is 5.91 Å². The SMILES string of the molecule is Cc1c(NC(=O)c2cc(C(N)=O)c3ccc(F)cc3n2)c(C(F)(F)F)nn1Cc1nc2ccccc2o1. The van der Waals surface area contributed by atoms with E-state index in [4.69, 9.17) is 10.2 Å². The lowest BCUT2D eigenvalue weighted by Gasteiger charge is -2.10. The molecule has 0 atom stereocenters. The smallest absolute Gasteiger partial charge is 0.437 e. The highest BCUT2D eigenvalue weighted by atomic mass is 19.4. The van der Waals surface area contributed by atoms with Gasteiger partial charge in [0.1, 0.15) is 23.6 Å². The van der Waals surface area contributed by atoms with Crippen LogP contribution in [0.4, 0.5) is 23.2 Å². The largest absolute Gasteiger partial charge is 0.439 e. The standard InChI is InChI=1S/C24H16F4N6O3/c1-11-20(32-23(36)17-9-14(22(29)35)13-7-6-12(25)8-16(13)30-17)21(24(26,27)28)33-34(11)10-19-31-15-4-2-3-5-18(15)37-19/h2-9H,10H2,1H3,(H2,29,35)(H,32,36). The molecule has 2 aromatic carbocycles. The van der Waals surface area contributed by atoms with E-state index in [-0.39, 0.29) is 34.6 Å². The van der Waals surface area contributed by atoms with Gasteiger partial charge < -0.3 is 15.5 Å². The highest BCUT2D eigenvalue weighted by molar-refractivity contribution is 6.10. The van der Waals surface area contributed by atoms with Crippen LogP contribution >= 0.6 is 0 Å². The van der Waals surface area contributed by atoms with Crippen molar-refractivity contribution in [2.45, 2.75) is 19.6 Å². The van der Waals surface area contributed by atoms with Crippen LogP contribution in [0.25, 0.3) is 22.0 Å². The van der Waals surface area contributed by atoms with Gasteiger partial charge in [-0.2, -0.15) is 18.3 Å². The maximum atomic E-state index is 13.8. The Morgan fingerprint density at radius 3 is 2.54 bits per heavy atom. The van der Waals surface area contributed by atoms with Gasteiger partial charge in [0, 0.05) is 11.5 Å². The third kappa shape index (κ3) is 4.46. The first-order valence-electron chi connectivity index (χ1n) is 10.7. The fourth-order valence-corrected chi connectivity index (χ4v) is 3.86. The summed E-state index contributed by atoms with van der Waals surface area (Å²) in [4.78, 5) is 33.1. The van der Waals surface area contributed by atoms with Crippen LogP contribution in [0.5, 0.6) is 0 Å². The van der Waals surface area contributed by atoms with Crippen LogP contribution in [0.3, 0.4) is 0 Å². The normalized spacial score (nSPS) is 11.8. The van der Waals surface area contributed by atoms with E-state index in [2.05, 4.69) is 20.4 Å². The average molecular weight is 512 g/mol. The molecule has 2 amide bonds. The molecule has 0 saturated carbocycles. The second kappa shape index (κ2) is 8.69. The summed E-state index contributed by atoms with van der Waals surface area (Å²) in [6.45, 7) is 1.09. The van der Waals surface area contributed by atoms with E-state index in [1.54, 1.807) is 24.3 Å². The highest BCUT2D eigenvalue weighted by Gasteiger charge is 2.39. The van der Waals surface area contributed by atoms with Crippen molar-refractivity contribution in [3.05, 3.63) is 82.9 Å². The number of anilines is 1. The summed E-state index contributed by atoms with van der Waals surface area (Å²) >= 11 is 0. The van der Waals surface area contributed by atoms with Crippen molar-refractivity contribution in [2.24, 2.45) is 5.73 Å². The van der Waals surface area contributed by atoms with Gasteiger partial charge >= 0.3 is 6.18 Å². The van der Waals surface area contributed by atoms with Crippen LogP contribution in [0.1, 0.15) is 38.1 Å². The Kier molecular flexibility index (Phi) is 5.62. The number of pyridine rings is 1. The third-order valence-electron chi connectivity index (χ3n) is 5.61. The molecule has 0 bridgehead atoms. The number of carbonyl (C=O) groups is 2. The fraction of sp³-hybridized carbons (Fsp3) is 0.125. The van der Waals surface area contributed by atoms with Crippen LogP contribution < -0.4 is 11.1 Å². The van der Waals surface area contributed by atoms with E-state index in [1.165, 1.54) is 13.0 Å². The number of nitrogens with two attached hydrogens (primary N) is 1. The topological polar surface area (TPSA) is 129 Å². The van der Waals surface area contributed by atoms with E-state index >= 15 is 0 Å². The van der Waals surface area contributed by atoms with Gasteiger partial charge in [-0.25, -0.2) is 14.4 Å². The molecule has 3 N–H and O–H groups in total. The highest BCUT2D eigenvalue weighted by Crippen LogP contribution is 2.36. The first-order valence-corrected chi connectivity index (χ1v) is 10.7. The molecule has 13 heteroatoms. The molecule has 5 aromatic rings. The summed E-state index contributed by atoms with van der Waals surface area (Å²) in [5.41, 5.74) is 3.70. The molecule has 37 heavy (non-hydrogen) atoms. The fourth-order valence-electron chi connectivity index (χ4n) is 3.86. The third-order valence-corrected chi connectivity index (χ3v) is 5.61. The summed E-state index contributed by atoms with van der Waals surface area (Å²) < 4.78 is 61.8. The summed E-state index contributed by atoms with van der Waals surface area (Å²) in [7, 11) is 0. The van der Waals surface area contributed by atoms with E-state index in [1.807, 2.05) is 0 Å². The minimum atomic E-state index is -4.92. The number of alkyl halides is 3. The predicted octanol–water partition coefficient (Wildman–Crippen LogP) is 4.44. The van der Waals surface area contributed by atoms with E-state index in [0.717, 1.165) is 22.9 Å². The van der Waals surface area contributed by atoms with Crippen LogP contribution in [-0.2, 0) is 12.7 Å². The number of nitrogens with zero attached hydrogens (tertiary/aromatic N) is 4. The summed E-state index contributed by atoms with van der Waals surface area (Å²) in [5, 5.41) is 6.00. The van der Waals surface area contributed by atoms with Gasteiger partial charge in [-0.15, -0.1) is 0 Å². The van der Waals surface area contributed by atoms with E-state index in [0.29, 0.717) is 11.1 Å². The Morgan fingerprint density at radius 2 is 1.84 bits per heavy atom. The van der Waals surface area contributed by atoms with Gasteiger partial charge in [-0.05, 0) is 37.3 Å². The molecule has 0 fully saturated rings. The molecule has 5 rings (SSSR count). The van der Waals surface area contributed by atoms with Gasteiger partial charge in [0.2, 0.25) is 11.8 Å². The lowest BCUT2D eigenvalue weighted by molar-refractivity contribution is -0.140. The summed E-state index contributed by atoms with van der Waals surface area (Å²) in [6, 6.07) is 11.2. The molecule has 0 radical (unpaired) electrons. The first-order chi connectivity index (χ1) is 17.5. The van der Waals surface area contributed by atoms with Crippen molar-refractivity contribution < 1.29 is 31.6 Å². The lowest BCUT2D eigenvalue weighted by Crippen LogP contribution is -2.19. The number of fused-ring (bicyclic) bond motifs is 2. The number of carbonyl (C=O) groups excluding carboxylic acids is 2. The van der Waals surface area contributed by atoms with E-state index in [9.17, 15) is 27.2 Å². The first kappa shape index (κ1) is 23.9. The number of oxazole rings is 1. The number of aromatic nitrogens is 4. The minimum absolute atomic E-state index is 0.0371. The predicted molar refractivity (Wildman–Crippen MR) is 123 cm³/mol. The molecule has 0 unspecified atom stereocenters. The van der Waals surface area contributed by atoms with E-state index < -0.39 is 40.9 Å². The molecule has 0 aliphatic rings. The van der Waals surface area contributed by atoms with Crippen LogP contribution in [0.2, 0.25) is 0 Å². The number of hydrogen-bond donors (Lipinski definition) is 2. The quantitative estimate of drug-likeness (QED) is 0.335. The Hall–Kier alpha value is -4.81. The maximum absolute atomic E-state index is 13.8. The number of primary amides is 1. The molecule has 3 heterocycles. The number of hydrogen-bond acceptors (Lipinski definition) is 6. The van der Waals surface area contributed by atoms with Crippen molar-refractivity contribution in [2.75, 3.05) is 5.32 Å². The number of para-hydroxylation sites is 2. The molecule has 3 aromatic heterocycles. The zero-order chi connectivity index (χ0) is 26.5. The molecule has 9 nitrogen and oxygen atoms in total. The summed E-state index contributed by atoms with van der Waals surface area (Å²) in [6.07, 6.45) is -4.92. The second-order valence-electron chi connectivity index (χ2n) is 8.07. The van der Waals surface area contributed by atoms with Gasteiger partial charge in [0.05, 0.1) is 22.5 Å². The van der Waals surface area contributed by atoms with Gasteiger partial charge in [-0.3, -0.25) is 14.3 Å². The Labute approximate surface area is 204 Å². The molecule has 0 saturated heterocycles. The molecule has 0 aliphatic carbocycles. The second-order valence-corrected chi connectivity index (χ2v) is 8.07. The van der Waals surface area contributed by atoms with Crippen molar-refractivity contribution in [3.63, 3.8) is 0 Å². The van der Waals surface area contributed by atoms with Crippen LogP contribution in [-0.4, -0.2) is 31.6 Å². The Balaban J connectivity index is 1.53. The Bertz CT molecular complexity index is 1670. The number of halogens is 4.